The molecule has 3 rings (SSSR count). The summed E-state index contributed by atoms with van der Waals surface area (Å²) >= 11 is 6.56. The van der Waals surface area contributed by atoms with Crippen molar-refractivity contribution in [1.29, 1.82) is 0 Å². The Balaban J connectivity index is 1.83. The van der Waals surface area contributed by atoms with Crippen LogP contribution in [0.5, 0.6) is 0 Å². The number of allylic oxidation sites excluding steroid dienone is 1. The van der Waals surface area contributed by atoms with Gasteiger partial charge in [-0.05, 0) is 63.6 Å². The first kappa shape index (κ1) is 21.9. The van der Waals surface area contributed by atoms with E-state index in [0.29, 0.717) is 10.6 Å². The number of amides is 1. The lowest BCUT2D eigenvalue weighted by Crippen LogP contribution is -2.44. The lowest BCUT2D eigenvalue weighted by atomic mass is 9.88. The standard InChI is InChI=1S/C24H29ClN4O/c1-7-29-22-13-21(25)18(12-20(22)16(2)14-24(29,3)4)15-26-27-23(30)17-9-8-10-19(11-17)28(5)6/h8-15H,7H2,1-6H3,(H,27,30)/b26-15-. The van der Waals surface area contributed by atoms with Crippen molar-refractivity contribution in [2.75, 3.05) is 30.4 Å². The van der Waals surface area contributed by atoms with Gasteiger partial charge < -0.3 is 9.80 Å². The minimum absolute atomic E-state index is 0.0696. The van der Waals surface area contributed by atoms with E-state index >= 15 is 0 Å². The van der Waals surface area contributed by atoms with E-state index in [4.69, 9.17) is 11.6 Å². The second kappa shape index (κ2) is 8.52. The number of likely N-dealkylation sites (N-methyl/N-ethyl adjacent to an activating group) is 1. The fourth-order valence-corrected chi connectivity index (χ4v) is 4.15. The number of carbonyl (C=O) groups is 1. The Bertz CT molecular complexity index is 1020. The summed E-state index contributed by atoms with van der Waals surface area (Å²) in [5.41, 5.74) is 8.25. The smallest absolute Gasteiger partial charge is 0.271 e. The number of hydrogen-bond acceptors (Lipinski definition) is 4. The molecule has 0 unspecified atom stereocenters. The molecule has 0 bridgehead atoms. The number of halogens is 1. The molecule has 0 aromatic heterocycles. The molecule has 0 saturated heterocycles. The molecule has 0 aliphatic carbocycles. The number of hydrogen-bond donors (Lipinski definition) is 1. The Kier molecular flexibility index (Phi) is 6.22. The van der Waals surface area contributed by atoms with Crippen LogP contribution in [0.2, 0.25) is 5.02 Å². The van der Waals surface area contributed by atoms with Crippen LogP contribution in [0.4, 0.5) is 11.4 Å². The quantitative estimate of drug-likeness (QED) is 0.530. The zero-order chi connectivity index (χ0) is 22.1. The molecule has 30 heavy (non-hydrogen) atoms. The second-order valence-electron chi connectivity index (χ2n) is 8.26. The molecular weight excluding hydrogens is 396 g/mol. The van der Waals surface area contributed by atoms with Crippen molar-refractivity contribution in [2.24, 2.45) is 5.10 Å². The molecule has 0 spiro atoms. The SMILES string of the molecule is CCN1c2cc(Cl)c(/C=N\NC(=O)c3cccc(N(C)C)c3)cc2C(C)=CC1(C)C. The van der Waals surface area contributed by atoms with Gasteiger partial charge in [-0.2, -0.15) is 5.10 Å². The van der Waals surface area contributed by atoms with E-state index < -0.39 is 0 Å². The van der Waals surface area contributed by atoms with Gasteiger partial charge in [0.05, 0.1) is 16.8 Å². The van der Waals surface area contributed by atoms with Crippen molar-refractivity contribution in [3.05, 3.63) is 64.2 Å². The van der Waals surface area contributed by atoms with Gasteiger partial charge in [-0.25, -0.2) is 5.43 Å². The second-order valence-corrected chi connectivity index (χ2v) is 8.67. The fourth-order valence-electron chi connectivity index (χ4n) is 3.94. The number of benzene rings is 2. The fraction of sp³-hybridized carbons (Fsp3) is 0.333. The highest BCUT2D eigenvalue weighted by Gasteiger charge is 2.30. The van der Waals surface area contributed by atoms with Crippen LogP contribution in [-0.2, 0) is 0 Å². The maximum atomic E-state index is 12.4. The number of anilines is 2. The third-order valence-corrected chi connectivity index (χ3v) is 5.73. The summed E-state index contributed by atoms with van der Waals surface area (Å²) in [5, 5.41) is 4.74. The van der Waals surface area contributed by atoms with Crippen LogP contribution >= 0.6 is 11.6 Å². The van der Waals surface area contributed by atoms with Crippen LogP contribution in [-0.4, -0.2) is 38.3 Å². The predicted octanol–water partition coefficient (Wildman–Crippen LogP) is 5.19. The summed E-state index contributed by atoms with van der Waals surface area (Å²) < 4.78 is 0. The van der Waals surface area contributed by atoms with Gasteiger partial charge in [0.25, 0.3) is 5.91 Å². The number of rotatable bonds is 5. The van der Waals surface area contributed by atoms with Crippen LogP contribution in [0.1, 0.15) is 49.2 Å². The number of fused-ring (bicyclic) bond motifs is 1. The van der Waals surface area contributed by atoms with Crippen molar-refractivity contribution in [3.8, 4) is 0 Å². The molecular formula is C24H29ClN4O. The van der Waals surface area contributed by atoms with Crippen molar-refractivity contribution in [3.63, 3.8) is 0 Å². The molecule has 1 heterocycles. The first-order valence-electron chi connectivity index (χ1n) is 10.1. The number of hydrazone groups is 1. The van der Waals surface area contributed by atoms with E-state index in [2.05, 4.69) is 49.2 Å². The van der Waals surface area contributed by atoms with Crippen LogP contribution in [0.25, 0.3) is 5.57 Å². The molecule has 158 valence electrons. The van der Waals surface area contributed by atoms with Crippen molar-refractivity contribution in [2.45, 2.75) is 33.2 Å². The summed E-state index contributed by atoms with van der Waals surface area (Å²) in [5.74, 6) is -0.265. The number of carbonyl (C=O) groups excluding carboxylic acids is 1. The zero-order valence-electron chi connectivity index (χ0n) is 18.5. The average Bonchev–Trinajstić information content (AvgIpc) is 2.68. The molecule has 0 saturated carbocycles. The highest BCUT2D eigenvalue weighted by atomic mass is 35.5. The minimum Gasteiger partial charge on any atom is -0.378 e. The predicted molar refractivity (Wildman–Crippen MR) is 128 cm³/mol. The maximum Gasteiger partial charge on any atom is 0.271 e. The Labute approximate surface area is 184 Å². The van der Waals surface area contributed by atoms with Gasteiger partial charge >= 0.3 is 0 Å². The Morgan fingerprint density at radius 3 is 2.67 bits per heavy atom. The molecule has 1 aliphatic rings. The van der Waals surface area contributed by atoms with E-state index in [1.165, 1.54) is 5.57 Å². The Hall–Kier alpha value is -2.79. The molecule has 2 aromatic carbocycles. The minimum atomic E-state index is -0.265. The first-order valence-corrected chi connectivity index (χ1v) is 10.4. The lowest BCUT2D eigenvalue weighted by Gasteiger charge is -2.43. The summed E-state index contributed by atoms with van der Waals surface area (Å²) in [6.07, 6.45) is 3.87. The molecule has 1 N–H and O–H groups in total. The largest absolute Gasteiger partial charge is 0.378 e. The summed E-state index contributed by atoms with van der Waals surface area (Å²) in [7, 11) is 3.87. The van der Waals surface area contributed by atoms with Crippen LogP contribution in [0, 0.1) is 0 Å². The van der Waals surface area contributed by atoms with Crippen molar-refractivity contribution < 1.29 is 4.79 Å². The van der Waals surface area contributed by atoms with Gasteiger partial charge in [-0.15, -0.1) is 0 Å². The van der Waals surface area contributed by atoms with Gasteiger partial charge in [0.1, 0.15) is 0 Å². The normalized spacial score (nSPS) is 15.0. The van der Waals surface area contributed by atoms with Gasteiger partial charge in [0.2, 0.25) is 0 Å². The van der Waals surface area contributed by atoms with Gasteiger partial charge in [-0.1, -0.05) is 23.7 Å². The Morgan fingerprint density at radius 2 is 2.00 bits per heavy atom. The lowest BCUT2D eigenvalue weighted by molar-refractivity contribution is 0.0955. The molecule has 0 fully saturated rings. The average molecular weight is 425 g/mol. The van der Waals surface area contributed by atoms with Crippen LogP contribution < -0.4 is 15.2 Å². The molecule has 0 atom stereocenters. The number of nitrogens with one attached hydrogen (secondary N) is 1. The number of nitrogens with zero attached hydrogens (tertiary/aromatic N) is 3. The van der Waals surface area contributed by atoms with E-state index in [1.54, 1.807) is 12.3 Å². The summed E-state index contributed by atoms with van der Waals surface area (Å²) in [6, 6.07) is 11.4. The van der Waals surface area contributed by atoms with Crippen molar-refractivity contribution >= 4 is 40.7 Å². The molecule has 6 heteroatoms. The highest BCUT2D eigenvalue weighted by molar-refractivity contribution is 6.33. The topological polar surface area (TPSA) is 47.9 Å². The monoisotopic (exact) mass is 424 g/mol. The van der Waals surface area contributed by atoms with E-state index in [1.807, 2.05) is 49.3 Å². The molecule has 1 amide bonds. The van der Waals surface area contributed by atoms with Gasteiger partial charge in [0, 0.05) is 48.7 Å². The third-order valence-electron chi connectivity index (χ3n) is 5.41. The van der Waals surface area contributed by atoms with E-state index in [0.717, 1.165) is 29.0 Å². The summed E-state index contributed by atoms with van der Waals surface area (Å²) in [6.45, 7) is 9.54. The summed E-state index contributed by atoms with van der Waals surface area (Å²) in [4.78, 5) is 16.7. The Morgan fingerprint density at radius 1 is 1.27 bits per heavy atom. The zero-order valence-corrected chi connectivity index (χ0v) is 19.2. The van der Waals surface area contributed by atoms with Crippen molar-refractivity contribution in [1.82, 2.24) is 5.43 Å². The molecule has 5 nitrogen and oxygen atoms in total. The third kappa shape index (κ3) is 4.36. The highest BCUT2D eigenvalue weighted by Crippen LogP contribution is 2.40. The van der Waals surface area contributed by atoms with E-state index in [9.17, 15) is 4.79 Å². The molecule has 2 aromatic rings. The van der Waals surface area contributed by atoms with Crippen LogP contribution in [0.15, 0.2) is 47.6 Å². The first-order chi connectivity index (χ1) is 14.1. The van der Waals surface area contributed by atoms with E-state index in [-0.39, 0.29) is 11.4 Å². The van der Waals surface area contributed by atoms with Gasteiger partial charge in [0.15, 0.2) is 0 Å². The maximum absolute atomic E-state index is 12.4. The molecule has 0 radical (unpaired) electrons. The molecule has 1 aliphatic heterocycles. The van der Waals surface area contributed by atoms with Gasteiger partial charge in [-0.3, -0.25) is 4.79 Å². The van der Waals surface area contributed by atoms with Crippen LogP contribution in [0.3, 0.4) is 0 Å².